The summed E-state index contributed by atoms with van der Waals surface area (Å²) < 4.78 is 13.7. The lowest BCUT2D eigenvalue weighted by atomic mass is 9.90. The molecule has 2 rings (SSSR count). The van der Waals surface area contributed by atoms with Crippen LogP contribution in [0.2, 0.25) is 0 Å². The van der Waals surface area contributed by atoms with Crippen molar-refractivity contribution in [2.45, 2.75) is 25.2 Å². The lowest BCUT2D eigenvalue weighted by molar-refractivity contribution is -0.137. The molecular weight excluding hydrogens is 227 g/mol. The van der Waals surface area contributed by atoms with Gasteiger partial charge >= 0.3 is 5.97 Å². The monoisotopic (exact) mass is 240 g/mol. The third kappa shape index (κ3) is 2.33. The van der Waals surface area contributed by atoms with Crippen LogP contribution in [0.1, 0.15) is 30.7 Å². The van der Waals surface area contributed by atoms with Crippen LogP contribution in [0.4, 0.5) is 4.39 Å². The molecule has 0 aromatic heterocycles. The molecule has 0 spiro atoms. The van der Waals surface area contributed by atoms with Gasteiger partial charge in [-0.2, -0.15) is 0 Å². The maximum Gasteiger partial charge on any atom is 0.303 e. The molecule has 1 fully saturated rings. The Kier molecular flexibility index (Phi) is 2.92. The molecule has 4 nitrogen and oxygen atoms in total. The summed E-state index contributed by atoms with van der Waals surface area (Å²) in [5, 5.41) is 27.2. The first kappa shape index (κ1) is 11.7. The Morgan fingerprint density at radius 2 is 2.06 bits per heavy atom. The van der Waals surface area contributed by atoms with Gasteiger partial charge in [0.05, 0.1) is 6.42 Å². The smallest absolute Gasteiger partial charge is 0.303 e. The first-order valence-electron chi connectivity index (χ1n) is 5.42. The van der Waals surface area contributed by atoms with E-state index in [1.807, 2.05) is 0 Å². The van der Waals surface area contributed by atoms with Crippen molar-refractivity contribution >= 4 is 5.97 Å². The van der Waals surface area contributed by atoms with E-state index in [4.69, 9.17) is 10.2 Å². The number of carboxylic acid groups (broad SMARTS) is 1. The second-order valence-corrected chi connectivity index (χ2v) is 4.38. The summed E-state index contributed by atoms with van der Waals surface area (Å²) in [7, 11) is 0. The van der Waals surface area contributed by atoms with Crippen molar-refractivity contribution in [3.8, 4) is 11.5 Å². The molecule has 0 amide bonds. The first-order valence-corrected chi connectivity index (χ1v) is 5.42. The average molecular weight is 240 g/mol. The number of hydrogen-bond donors (Lipinski definition) is 3. The number of benzene rings is 1. The zero-order valence-corrected chi connectivity index (χ0v) is 9.06. The molecule has 1 aromatic carbocycles. The first-order chi connectivity index (χ1) is 8.00. The van der Waals surface area contributed by atoms with Crippen LogP contribution >= 0.6 is 0 Å². The van der Waals surface area contributed by atoms with Crippen molar-refractivity contribution in [1.82, 2.24) is 0 Å². The molecule has 0 saturated heterocycles. The summed E-state index contributed by atoms with van der Waals surface area (Å²) >= 11 is 0. The molecule has 92 valence electrons. The predicted octanol–water partition coefficient (Wildman–Crippen LogP) is 2.21. The molecule has 17 heavy (non-hydrogen) atoms. The maximum absolute atomic E-state index is 13.7. The lowest BCUT2D eigenvalue weighted by Gasteiger charge is -2.16. The minimum absolute atomic E-state index is 0.157. The van der Waals surface area contributed by atoms with Gasteiger partial charge in [-0.1, -0.05) is 6.07 Å². The number of hydrogen-bond acceptors (Lipinski definition) is 3. The van der Waals surface area contributed by atoms with Crippen LogP contribution in [0.15, 0.2) is 12.1 Å². The van der Waals surface area contributed by atoms with Gasteiger partial charge in [0, 0.05) is 5.92 Å². The minimum Gasteiger partial charge on any atom is -0.504 e. The van der Waals surface area contributed by atoms with Crippen LogP contribution in [0.5, 0.6) is 11.5 Å². The van der Waals surface area contributed by atoms with Gasteiger partial charge in [0.15, 0.2) is 17.3 Å². The molecule has 1 atom stereocenters. The highest BCUT2D eigenvalue weighted by molar-refractivity contribution is 5.68. The van der Waals surface area contributed by atoms with Gasteiger partial charge < -0.3 is 15.3 Å². The summed E-state index contributed by atoms with van der Waals surface area (Å²) in [6, 6.07) is 2.53. The lowest BCUT2D eigenvalue weighted by Crippen LogP contribution is -2.10. The molecule has 0 bridgehead atoms. The number of carboxylic acids is 1. The Balaban J connectivity index is 2.35. The fourth-order valence-electron chi connectivity index (χ4n) is 2.07. The number of phenols is 2. The molecule has 5 heteroatoms. The standard InChI is InChI=1S/C12H13FO4/c13-11-7(3-4-9(14)12(11)17)8(5-10(15)16)6-1-2-6/h3-4,6,8,14,17H,1-2,5H2,(H,15,16). The normalized spacial score (nSPS) is 16.8. The second kappa shape index (κ2) is 4.24. The Morgan fingerprint density at radius 3 is 2.59 bits per heavy atom. The quantitative estimate of drug-likeness (QED) is 0.705. The van der Waals surface area contributed by atoms with E-state index < -0.39 is 29.2 Å². The third-order valence-electron chi connectivity index (χ3n) is 3.11. The molecule has 0 radical (unpaired) electrons. The van der Waals surface area contributed by atoms with Crippen molar-refractivity contribution in [3.05, 3.63) is 23.5 Å². The Morgan fingerprint density at radius 1 is 1.41 bits per heavy atom. The topological polar surface area (TPSA) is 77.8 Å². The zero-order valence-electron chi connectivity index (χ0n) is 9.06. The minimum atomic E-state index is -0.992. The largest absolute Gasteiger partial charge is 0.504 e. The number of carbonyl (C=O) groups is 1. The van der Waals surface area contributed by atoms with Gasteiger partial charge in [-0.25, -0.2) is 4.39 Å². The van der Waals surface area contributed by atoms with Crippen LogP contribution < -0.4 is 0 Å². The maximum atomic E-state index is 13.7. The number of phenolic OH excluding ortho intramolecular Hbond substituents is 2. The molecule has 3 N–H and O–H groups in total. The summed E-state index contributed by atoms with van der Waals surface area (Å²) in [5.41, 5.74) is 0.171. The molecule has 1 saturated carbocycles. The van der Waals surface area contributed by atoms with E-state index in [0.29, 0.717) is 0 Å². The molecule has 1 aliphatic carbocycles. The van der Waals surface area contributed by atoms with Crippen molar-refractivity contribution in [1.29, 1.82) is 0 Å². The number of aliphatic carboxylic acids is 1. The molecule has 1 aliphatic rings. The van der Waals surface area contributed by atoms with Gasteiger partial charge in [-0.15, -0.1) is 0 Å². The van der Waals surface area contributed by atoms with Gasteiger partial charge in [0.25, 0.3) is 0 Å². The number of halogens is 1. The highest BCUT2D eigenvalue weighted by atomic mass is 19.1. The molecular formula is C12H13FO4. The van der Waals surface area contributed by atoms with Crippen molar-refractivity contribution in [3.63, 3.8) is 0 Å². The van der Waals surface area contributed by atoms with E-state index in [1.54, 1.807) is 0 Å². The van der Waals surface area contributed by atoms with Crippen molar-refractivity contribution in [2.24, 2.45) is 5.92 Å². The summed E-state index contributed by atoms with van der Waals surface area (Å²) in [6.07, 6.45) is 1.59. The SMILES string of the molecule is O=C(O)CC(c1ccc(O)c(O)c1F)C1CC1. The van der Waals surface area contributed by atoms with Crippen LogP contribution in [-0.4, -0.2) is 21.3 Å². The summed E-state index contributed by atoms with van der Waals surface area (Å²) in [6.45, 7) is 0. The molecule has 0 aliphatic heterocycles. The molecule has 1 aromatic rings. The number of rotatable bonds is 4. The third-order valence-corrected chi connectivity index (χ3v) is 3.11. The zero-order chi connectivity index (χ0) is 12.6. The summed E-state index contributed by atoms with van der Waals surface area (Å²) in [4.78, 5) is 10.7. The highest BCUT2D eigenvalue weighted by Gasteiger charge is 2.36. The predicted molar refractivity (Wildman–Crippen MR) is 57.4 cm³/mol. The average Bonchev–Trinajstić information content (AvgIpc) is 3.07. The Labute approximate surface area is 97.3 Å². The second-order valence-electron chi connectivity index (χ2n) is 4.38. The van der Waals surface area contributed by atoms with Gasteiger partial charge in [-0.3, -0.25) is 4.79 Å². The molecule has 0 heterocycles. The van der Waals surface area contributed by atoms with Crippen LogP contribution in [0, 0.1) is 11.7 Å². The van der Waals surface area contributed by atoms with Crippen molar-refractivity contribution in [2.75, 3.05) is 0 Å². The van der Waals surface area contributed by atoms with Crippen LogP contribution in [0.25, 0.3) is 0 Å². The van der Waals surface area contributed by atoms with Gasteiger partial charge in [-0.05, 0) is 30.4 Å². The van der Waals surface area contributed by atoms with E-state index >= 15 is 0 Å². The van der Waals surface area contributed by atoms with E-state index in [9.17, 15) is 14.3 Å². The van der Waals surface area contributed by atoms with Gasteiger partial charge in [0.2, 0.25) is 0 Å². The van der Waals surface area contributed by atoms with Crippen LogP contribution in [0.3, 0.4) is 0 Å². The Hall–Kier alpha value is -1.78. The molecule has 1 unspecified atom stereocenters. The van der Waals surface area contributed by atoms with E-state index in [0.717, 1.165) is 12.8 Å². The summed E-state index contributed by atoms with van der Waals surface area (Å²) in [5.74, 6) is -3.52. The number of aromatic hydroxyl groups is 2. The van der Waals surface area contributed by atoms with Crippen LogP contribution in [-0.2, 0) is 4.79 Å². The van der Waals surface area contributed by atoms with E-state index in [2.05, 4.69) is 0 Å². The van der Waals surface area contributed by atoms with Gasteiger partial charge in [0.1, 0.15) is 0 Å². The van der Waals surface area contributed by atoms with E-state index in [-0.39, 0.29) is 17.9 Å². The fourth-order valence-corrected chi connectivity index (χ4v) is 2.07. The van der Waals surface area contributed by atoms with Crippen molar-refractivity contribution < 1.29 is 24.5 Å². The van der Waals surface area contributed by atoms with E-state index in [1.165, 1.54) is 12.1 Å². The fraction of sp³-hybridized carbons (Fsp3) is 0.417. The Bertz CT molecular complexity index is 454. The highest BCUT2D eigenvalue weighted by Crippen LogP contribution is 2.47.